The van der Waals surface area contributed by atoms with E-state index in [0.29, 0.717) is 0 Å². The van der Waals surface area contributed by atoms with Crippen molar-refractivity contribution in [3.8, 4) is 0 Å². The Morgan fingerprint density at radius 2 is 2.22 bits per heavy atom. The van der Waals surface area contributed by atoms with Crippen molar-refractivity contribution in [2.24, 2.45) is 5.92 Å². The lowest BCUT2D eigenvalue weighted by molar-refractivity contribution is 0.512. The Bertz CT molecular complexity index is 56.9. The van der Waals surface area contributed by atoms with Crippen LogP contribution in [0.25, 0.3) is 0 Å². The Morgan fingerprint density at radius 3 is 2.67 bits per heavy atom. The molecule has 0 heterocycles. The lowest BCUT2D eigenvalue weighted by atomic mass is 10.1. The molecule has 0 bridgehead atoms. The van der Waals surface area contributed by atoms with Crippen molar-refractivity contribution in [3.63, 3.8) is 0 Å². The maximum Gasteiger partial charge on any atom is 0.0226 e. The van der Waals surface area contributed by atoms with Gasteiger partial charge in [0.05, 0.1) is 0 Å². The van der Waals surface area contributed by atoms with Crippen LogP contribution in [0.15, 0.2) is 0 Å². The number of nitrogens with one attached hydrogen (secondary N) is 1. The van der Waals surface area contributed by atoms with Gasteiger partial charge in [-0.15, -0.1) is 11.6 Å². The van der Waals surface area contributed by atoms with Gasteiger partial charge in [0.1, 0.15) is 0 Å². The van der Waals surface area contributed by atoms with Crippen LogP contribution < -0.4 is 5.32 Å². The summed E-state index contributed by atoms with van der Waals surface area (Å²) in [4.78, 5) is 0. The summed E-state index contributed by atoms with van der Waals surface area (Å²) in [5, 5.41) is 3.27. The van der Waals surface area contributed by atoms with Crippen molar-refractivity contribution in [1.82, 2.24) is 5.32 Å². The van der Waals surface area contributed by atoms with Crippen molar-refractivity contribution >= 4 is 11.6 Å². The average Bonchev–Trinajstić information content (AvgIpc) is 1.85. The third-order valence-electron chi connectivity index (χ3n) is 1.34. The van der Waals surface area contributed by atoms with E-state index in [-0.39, 0.29) is 0 Å². The molecule has 1 unspecified atom stereocenters. The highest BCUT2D eigenvalue weighted by atomic mass is 35.5. The predicted octanol–water partition coefficient (Wildman–Crippen LogP) is 1.86. The summed E-state index contributed by atoms with van der Waals surface area (Å²) in [6.45, 7) is 6.49. The van der Waals surface area contributed by atoms with Crippen LogP contribution in [0, 0.1) is 5.92 Å². The third kappa shape index (κ3) is 6.13. The zero-order chi connectivity index (χ0) is 7.11. The van der Waals surface area contributed by atoms with Crippen LogP contribution in [0.2, 0.25) is 0 Å². The Balaban J connectivity index is 2.95. The van der Waals surface area contributed by atoms with Gasteiger partial charge in [0.2, 0.25) is 0 Å². The maximum atomic E-state index is 5.55. The summed E-state index contributed by atoms with van der Waals surface area (Å²) >= 11 is 5.55. The van der Waals surface area contributed by atoms with Crippen LogP contribution in [-0.2, 0) is 0 Å². The third-order valence-corrected chi connectivity index (χ3v) is 1.56. The van der Waals surface area contributed by atoms with Gasteiger partial charge in [0.25, 0.3) is 0 Å². The van der Waals surface area contributed by atoms with Gasteiger partial charge in [-0.3, -0.25) is 0 Å². The normalized spacial score (nSPS) is 13.7. The van der Waals surface area contributed by atoms with Gasteiger partial charge in [0, 0.05) is 5.88 Å². The zero-order valence-electron chi connectivity index (χ0n) is 6.28. The lowest BCUT2D eigenvalue weighted by Crippen LogP contribution is -2.20. The highest BCUT2D eigenvalue weighted by Crippen LogP contribution is 2.00. The minimum absolute atomic E-state index is 0.724. The molecule has 1 nitrogen and oxygen atoms in total. The van der Waals surface area contributed by atoms with Crippen LogP contribution in [0.3, 0.4) is 0 Å². The fourth-order valence-electron chi connectivity index (χ4n) is 0.679. The molecule has 0 aliphatic carbocycles. The van der Waals surface area contributed by atoms with Gasteiger partial charge in [0.15, 0.2) is 0 Å². The number of rotatable bonds is 5. The molecule has 0 aliphatic heterocycles. The van der Waals surface area contributed by atoms with E-state index in [1.807, 2.05) is 0 Å². The van der Waals surface area contributed by atoms with Crippen molar-refractivity contribution in [2.45, 2.75) is 20.3 Å². The summed E-state index contributed by atoms with van der Waals surface area (Å²) in [7, 11) is 0. The van der Waals surface area contributed by atoms with Crippen molar-refractivity contribution in [1.29, 1.82) is 0 Å². The van der Waals surface area contributed by atoms with E-state index in [0.717, 1.165) is 31.3 Å². The SMILES string of the molecule is CCNCC(C)CCCl. The molecule has 9 heavy (non-hydrogen) atoms. The van der Waals surface area contributed by atoms with Gasteiger partial charge >= 0.3 is 0 Å². The van der Waals surface area contributed by atoms with Crippen LogP contribution in [0.5, 0.6) is 0 Å². The lowest BCUT2D eigenvalue weighted by Gasteiger charge is -2.08. The highest BCUT2D eigenvalue weighted by Gasteiger charge is 1.97. The van der Waals surface area contributed by atoms with Gasteiger partial charge in [-0.25, -0.2) is 0 Å². The fraction of sp³-hybridized carbons (Fsp3) is 1.00. The molecule has 0 saturated carbocycles. The van der Waals surface area contributed by atoms with Crippen molar-refractivity contribution in [2.75, 3.05) is 19.0 Å². The monoisotopic (exact) mass is 149 g/mol. The molecule has 0 fully saturated rings. The maximum absolute atomic E-state index is 5.55. The molecule has 0 aromatic carbocycles. The van der Waals surface area contributed by atoms with Crippen molar-refractivity contribution < 1.29 is 0 Å². The van der Waals surface area contributed by atoms with E-state index >= 15 is 0 Å². The molecule has 0 aliphatic rings. The predicted molar refractivity (Wildman–Crippen MR) is 43.0 cm³/mol. The molecule has 0 aromatic rings. The van der Waals surface area contributed by atoms with Crippen molar-refractivity contribution in [3.05, 3.63) is 0 Å². The second-order valence-corrected chi connectivity index (χ2v) is 2.77. The summed E-state index contributed by atoms with van der Waals surface area (Å²) < 4.78 is 0. The largest absolute Gasteiger partial charge is 0.317 e. The quantitative estimate of drug-likeness (QED) is 0.589. The molecular weight excluding hydrogens is 134 g/mol. The van der Waals surface area contributed by atoms with E-state index in [1.54, 1.807) is 0 Å². The van der Waals surface area contributed by atoms with E-state index in [2.05, 4.69) is 19.2 Å². The Morgan fingerprint density at radius 1 is 1.56 bits per heavy atom. The molecule has 0 rings (SSSR count). The van der Waals surface area contributed by atoms with Gasteiger partial charge in [-0.2, -0.15) is 0 Å². The average molecular weight is 150 g/mol. The molecule has 1 N–H and O–H groups in total. The summed E-state index contributed by atoms with van der Waals surface area (Å²) in [5.41, 5.74) is 0. The van der Waals surface area contributed by atoms with Crippen LogP contribution in [0.4, 0.5) is 0 Å². The standard InChI is InChI=1S/C7H16ClN/c1-3-9-6-7(2)4-5-8/h7,9H,3-6H2,1-2H3. The number of hydrogen-bond donors (Lipinski definition) is 1. The van der Waals surface area contributed by atoms with E-state index in [4.69, 9.17) is 11.6 Å². The minimum atomic E-state index is 0.724. The van der Waals surface area contributed by atoms with E-state index < -0.39 is 0 Å². The number of alkyl halides is 1. The first-order valence-electron chi connectivity index (χ1n) is 3.58. The van der Waals surface area contributed by atoms with Gasteiger partial charge in [-0.1, -0.05) is 13.8 Å². The molecule has 0 aromatic heterocycles. The molecule has 0 spiro atoms. The highest BCUT2D eigenvalue weighted by molar-refractivity contribution is 6.17. The molecule has 2 heteroatoms. The molecular formula is C7H16ClN. The Kier molecular flexibility index (Phi) is 6.55. The summed E-state index contributed by atoms with van der Waals surface area (Å²) in [5.74, 6) is 1.51. The molecule has 0 radical (unpaired) electrons. The fourth-order valence-corrected chi connectivity index (χ4v) is 1.05. The molecule has 56 valence electrons. The molecule has 1 atom stereocenters. The van der Waals surface area contributed by atoms with Gasteiger partial charge < -0.3 is 5.32 Å². The Hall–Kier alpha value is 0.250. The summed E-state index contributed by atoms with van der Waals surface area (Å²) in [6.07, 6.45) is 1.12. The Labute approximate surface area is 62.8 Å². The number of halogens is 1. The van der Waals surface area contributed by atoms with E-state index in [9.17, 15) is 0 Å². The second-order valence-electron chi connectivity index (χ2n) is 2.39. The van der Waals surface area contributed by atoms with Crippen LogP contribution >= 0.6 is 11.6 Å². The summed E-state index contributed by atoms with van der Waals surface area (Å²) in [6, 6.07) is 0. The smallest absolute Gasteiger partial charge is 0.0226 e. The molecule has 0 saturated heterocycles. The first-order valence-corrected chi connectivity index (χ1v) is 4.11. The van der Waals surface area contributed by atoms with Gasteiger partial charge in [-0.05, 0) is 25.4 Å². The number of hydrogen-bond acceptors (Lipinski definition) is 1. The first kappa shape index (κ1) is 9.25. The zero-order valence-corrected chi connectivity index (χ0v) is 7.04. The minimum Gasteiger partial charge on any atom is -0.317 e. The first-order chi connectivity index (χ1) is 4.31. The topological polar surface area (TPSA) is 12.0 Å². The van der Waals surface area contributed by atoms with E-state index in [1.165, 1.54) is 0 Å². The molecule has 0 amide bonds. The second kappa shape index (κ2) is 6.37. The van der Waals surface area contributed by atoms with Crippen LogP contribution in [0.1, 0.15) is 20.3 Å². The van der Waals surface area contributed by atoms with Crippen LogP contribution in [-0.4, -0.2) is 19.0 Å².